The lowest BCUT2D eigenvalue weighted by Gasteiger charge is -2.20. The minimum Gasteiger partial charge on any atom is -0.357 e. The Bertz CT molecular complexity index is 1240. The third-order valence-corrected chi connectivity index (χ3v) is 5.53. The van der Waals surface area contributed by atoms with Gasteiger partial charge in [0.25, 0.3) is 5.91 Å². The monoisotopic (exact) mass is 452 g/mol. The normalized spacial score (nSPS) is 15.1. The van der Waals surface area contributed by atoms with Crippen LogP contribution in [0, 0.1) is 5.82 Å². The van der Waals surface area contributed by atoms with E-state index in [4.69, 9.17) is 11.6 Å². The topological polar surface area (TPSA) is 95.6 Å². The van der Waals surface area contributed by atoms with Gasteiger partial charge in [0.05, 0.1) is 16.9 Å². The van der Waals surface area contributed by atoms with Gasteiger partial charge < -0.3 is 15.6 Å². The Morgan fingerprint density at radius 1 is 1.13 bits per heavy atom. The van der Waals surface area contributed by atoms with E-state index in [1.54, 1.807) is 0 Å². The summed E-state index contributed by atoms with van der Waals surface area (Å²) in [6.45, 7) is 0.472. The van der Waals surface area contributed by atoms with E-state index in [9.17, 15) is 18.0 Å². The third-order valence-electron chi connectivity index (χ3n) is 5.35. The van der Waals surface area contributed by atoms with Crippen molar-refractivity contribution in [3.63, 3.8) is 0 Å². The molecule has 1 amide bonds. The lowest BCUT2D eigenvalue weighted by molar-refractivity contribution is -0.141. The van der Waals surface area contributed by atoms with Crippen LogP contribution in [-0.4, -0.2) is 32.6 Å². The van der Waals surface area contributed by atoms with Crippen LogP contribution >= 0.6 is 11.6 Å². The highest BCUT2D eigenvalue weighted by molar-refractivity contribution is 6.29. The molecule has 12 heteroatoms. The van der Waals surface area contributed by atoms with Crippen LogP contribution in [0.25, 0.3) is 11.3 Å². The number of nitrogens with one attached hydrogen (secondary N) is 3. The molecule has 0 bridgehead atoms. The SMILES string of the molecule is O=C1NCCc2[nH]c3c(c21)CCc1cnc(Nc2cc(Cl)nnc2C(F)(F)F)c(F)c1-3. The molecule has 1 aliphatic carbocycles. The molecule has 0 aromatic carbocycles. The first-order chi connectivity index (χ1) is 14.7. The molecule has 3 aromatic heterocycles. The van der Waals surface area contributed by atoms with Crippen LogP contribution in [0.3, 0.4) is 0 Å². The number of H-pyrrole nitrogens is 1. The van der Waals surface area contributed by atoms with E-state index in [1.165, 1.54) is 6.20 Å². The Morgan fingerprint density at radius 3 is 2.71 bits per heavy atom. The predicted octanol–water partition coefficient (Wildman–Crippen LogP) is 3.81. The van der Waals surface area contributed by atoms with Crippen molar-refractivity contribution in [2.45, 2.75) is 25.4 Å². The van der Waals surface area contributed by atoms with Crippen molar-refractivity contribution in [3.05, 3.63) is 51.3 Å². The zero-order valence-corrected chi connectivity index (χ0v) is 16.4. The van der Waals surface area contributed by atoms with Gasteiger partial charge in [-0.3, -0.25) is 4.79 Å². The zero-order valence-electron chi connectivity index (χ0n) is 15.6. The van der Waals surface area contributed by atoms with Crippen molar-refractivity contribution >= 4 is 29.0 Å². The van der Waals surface area contributed by atoms with Gasteiger partial charge in [0.2, 0.25) is 0 Å². The first-order valence-electron chi connectivity index (χ1n) is 9.31. The zero-order chi connectivity index (χ0) is 21.9. The number of amides is 1. The number of aromatic amines is 1. The molecule has 1 aliphatic heterocycles. The Balaban J connectivity index is 1.62. The summed E-state index contributed by atoms with van der Waals surface area (Å²) in [6.07, 6.45) is -1.87. The lowest BCUT2D eigenvalue weighted by atomic mass is 9.88. The van der Waals surface area contributed by atoms with Gasteiger partial charge in [-0.15, -0.1) is 10.2 Å². The van der Waals surface area contributed by atoms with Gasteiger partial charge >= 0.3 is 6.18 Å². The van der Waals surface area contributed by atoms with Crippen molar-refractivity contribution in [3.8, 4) is 11.3 Å². The minimum absolute atomic E-state index is 0.183. The molecule has 0 fully saturated rings. The van der Waals surface area contributed by atoms with E-state index in [0.717, 1.165) is 11.8 Å². The van der Waals surface area contributed by atoms with E-state index in [2.05, 4.69) is 30.8 Å². The summed E-state index contributed by atoms with van der Waals surface area (Å²) in [7, 11) is 0. The molecule has 5 rings (SSSR count). The van der Waals surface area contributed by atoms with Crippen LogP contribution < -0.4 is 10.6 Å². The average molecular weight is 453 g/mol. The van der Waals surface area contributed by atoms with Crippen LogP contribution in [0.4, 0.5) is 29.1 Å². The van der Waals surface area contributed by atoms with Gasteiger partial charge in [0.1, 0.15) is 0 Å². The highest BCUT2D eigenvalue weighted by Crippen LogP contribution is 2.41. The second-order valence-electron chi connectivity index (χ2n) is 7.21. The fraction of sp³-hybridized carbons (Fsp3) is 0.263. The molecule has 0 unspecified atom stereocenters. The van der Waals surface area contributed by atoms with Crippen LogP contribution in [0.15, 0.2) is 12.3 Å². The fourth-order valence-electron chi connectivity index (χ4n) is 4.04. The number of rotatable bonds is 2. The van der Waals surface area contributed by atoms with Crippen LogP contribution in [-0.2, 0) is 25.4 Å². The summed E-state index contributed by atoms with van der Waals surface area (Å²) in [4.78, 5) is 19.4. The molecule has 0 saturated heterocycles. The third kappa shape index (κ3) is 3.19. The van der Waals surface area contributed by atoms with Gasteiger partial charge in [0.15, 0.2) is 22.5 Å². The molecule has 160 valence electrons. The number of aromatic nitrogens is 4. The maximum Gasteiger partial charge on any atom is 0.437 e. The van der Waals surface area contributed by atoms with E-state index < -0.39 is 29.2 Å². The number of aryl methyl sites for hydroxylation is 1. The minimum atomic E-state index is -4.83. The van der Waals surface area contributed by atoms with Gasteiger partial charge in [-0.2, -0.15) is 13.2 Å². The number of alkyl halides is 3. The molecule has 0 atom stereocenters. The number of carbonyl (C=O) groups is 1. The molecule has 3 aromatic rings. The molecule has 2 aliphatic rings. The molecule has 0 spiro atoms. The average Bonchev–Trinajstić information content (AvgIpc) is 3.09. The van der Waals surface area contributed by atoms with Gasteiger partial charge in [-0.25, -0.2) is 9.37 Å². The summed E-state index contributed by atoms with van der Waals surface area (Å²) in [6, 6.07) is 0.904. The highest BCUT2D eigenvalue weighted by Gasteiger charge is 2.37. The molecular weight excluding hydrogens is 440 g/mol. The number of hydrogen-bond acceptors (Lipinski definition) is 5. The summed E-state index contributed by atoms with van der Waals surface area (Å²) in [5.74, 6) is -1.47. The van der Waals surface area contributed by atoms with E-state index in [-0.39, 0.29) is 16.6 Å². The number of fused-ring (bicyclic) bond motifs is 5. The predicted molar refractivity (Wildman–Crippen MR) is 103 cm³/mol. The van der Waals surface area contributed by atoms with Crippen molar-refractivity contribution in [1.82, 2.24) is 25.5 Å². The first-order valence-corrected chi connectivity index (χ1v) is 9.69. The Morgan fingerprint density at radius 2 is 1.94 bits per heavy atom. The lowest BCUT2D eigenvalue weighted by Crippen LogP contribution is -2.32. The highest BCUT2D eigenvalue weighted by atomic mass is 35.5. The van der Waals surface area contributed by atoms with Gasteiger partial charge in [0, 0.05) is 36.5 Å². The molecule has 0 saturated carbocycles. The quantitative estimate of drug-likeness (QED) is 0.514. The van der Waals surface area contributed by atoms with Crippen LogP contribution in [0.5, 0.6) is 0 Å². The first kappa shape index (κ1) is 19.7. The number of carbonyl (C=O) groups excluding carboxylic acids is 1. The summed E-state index contributed by atoms with van der Waals surface area (Å²) >= 11 is 5.69. The van der Waals surface area contributed by atoms with Crippen LogP contribution in [0.1, 0.15) is 32.9 Å². The van der Waals surface area contributed by atoms with Crippen molar-refractivity contribution < 1.29 is 22.4 Å². The number of hydrogen-bond donors (Lipinski definition) is 3. The second-order valence-corrected chi connectivity index (χ2v) is 7.60. The number of halogens is 5. The standard InChI is InChI=1S/C19H13ClF4N6O/c20-11-5-10(16(30-29-11)19(22,23)24)28-17-14(21)12-7(6-26-17)1-2-8-13-9(27-15(8)12)3-4-25-18(13)31/h5-6,27H,1-4H2,(H,25,31)(H,26,28,29). The van der Waals surface area contributed by atoms with Gasteiger partial charge in [-0.1, -0.05) is 11.6 Å². The fourth-order valence-corrected chi connectivity index (χ4v) is 4.19. The van der Waals surface area contributed by atoms with Crippen molar-refractivity contribution in [1.29, 1.82) is 0 Å². The van der Waals surface area contributed by atoms with Crippen molar-refractivity contribution in [2.24, 2.45) is 0 Å². The summed E-state index contributed by atoms with van der Waals surface area (Å²) in [5, 5.41) is 11.1. The van der Waals surface area contributed by atoms with E-state index in [1.807, 2.05) is 0 Å². The molecule has 4 heterocycles. The molecule has 7 nitrogen and oxygen atoms in total. The number of anilines is 2. The number of pyridine rings is 1. The molecule has 3 N–H and O–H groups in total. The second kappa shape index (κ2) is 6.91. The summed E-state index contributed by atoms with van der Waals surface area (Å²) < 4.78 is 55.4. The molecular formula is C19H13ClF4N6O. The Kier molecular flexibility index (Phi) is 4.40. The largest absolute Gasteiger partial charge is 0.437 e. The maximum absolute atomic E-state index is 15.5. The summed E-state index contributed by atoms with van der Waals surface area (Å²) in [5.41, 5.74) is 1.25. The molecule has 31 heavy (non-hydrogen) atoms. The van der Waals surface area contributed by atoms with Crippen LogP contribution in [0.2, 0.25) is 5.15 Å². The van der Waals surface area contributed by atoms with E-state index >= 15 is 4.39 Å². The van der Waals surface area contributed by atoms with E-state index in [0.29, 0.717) is 48.2 Å². The molecule has 0 radical (unpaired) electrons. The van der Waals surface area contributed by atoms with Crippen molar-refractivity contribution in [2.75, 3.05) is 11.9 Å². The Labute approximate surface area is 177 Å². The Hall–Kier alpha value is -3.21. The smallest absolute Gasteiger partial charge is 0.357 e. The maximum atomic E-state index is 15.5. The number of nitrogens with zero attached hydrogens (tertiary/aromatic N) is 3. The van der Waals surface area contributed by atoms with Gasteiger partial charge in [-0.05, 0) is 24.0 Å².